The number of hydrogen-bond acceptors (Lipinski definition) is 1. The van der Waals surface area contributed by atoms with Gasteiger partial charge < -0.3 is 0 Å². The number of aromatic nitrogens is 2. The second-order valence-electron chi connectivity index (χ2n) is 8.46. The van der Waals surface area contributed by atoms with Gasteiger partial charge in [-0.25, -0.2) is 4.98 Å². The summed E-state index contributed by atoms with van der Waals surface area (Å²) in [6, 6.07) is 43.0. The lowest BCUT2D eigenvalue weighted by Crippen LogP contribution is -1.98. The van der Waals surface area contributed by atoms with Gasteiger partial charge in [-0.05, 0) is 39.7 Å². The van der Waals surface area contributed by atoms with Crippen LogP contribution in [-0.2, 0) is 0 Å². The maximum Gasteiger partial charge on any atom is 0.145 e. The zero-order chi connectivity index (χ0) is 21.8. The molecule has 2 heteroatoms. The van der Waals surface area contributed by atoms with Gasteiger partial charge in [0, 0.05) is 22.0 Å². The molecule has 0 aliphatic rings. The van der Waals surface area contributed by atoms with Crippen LogP contribution in [0.1, 0.15) is 0 Å². The molecule has 7 aromatic rings. The summed E-state index contributed by atoms with van der Waals surface area (Å²) in [6.45, 7) is 0. The molecule has 0 amide bonds. The van der Waals surface area contributed by atoms with Gasteiger partial charge in [0.1, 0.15) is 5.82 Å². The monoisotopic (exact) mass is 420 g/mol. The summed E-state index contributed by atoms with van der Waals surface area (Å²) < 4.78 is 2.33. The number of rotatable bonds is 2. The zero-order valence-corrected chi connectivity index (χ0v) is 17.9. The SMILES string of the molecule is c1ccc(-n2c(-c3ccc4ccccc4c3)nc3c4ccccc4c4ccccc4c32)cc1. The first kappa shape index (κ1) is 18.2. The molecule has 0 saturated heterocycles. The van der Waals surface area contributed by atoms with Crippen molar-refractivity contribution in [1.82, 2.24) is 9.55 Å². The Morgan fingerprint density at radius 3 is 1.88 bits per heavy atom. The van der Waals surface area contributed by atoms with E-state index >= 15 is 0 Å². The van der Waals surface area contributed by atoms with E-state index in [4.69, 9.17) is 4.98 Å². The van der Waals surface area contributed by atoms with Gasteiger partial charge in [-0.2, -0.15) is 0 Å². The summed E-state index contributed by atoms with van der Waals surface area (Å²) in [4.78, 5) is 5.31. The molecular formula is C31H20N2. The van der Waals surface area contributed by atoms with Gasteiger partial charge in [-0.1, -0.05) is 103 Å². The van der Waals surface area contributed by atoms with Crippen LogP contribution in [0.25, 0.3) is 60.4 Å². The first-order chi connectivity index (χ1) is 16.4. The first-order valence-electron chi connectivity index (χ1n) is 11.2. The Morgan fingerprint density at radius 1 is 0.485 bits per heavy atom. The fourth-order valence-corrected chi connectivity index (χ4v) is 5.06. The number of imidazole rings is 1. The highest BCUT2D eigenvalue weighted by Crippen LogP contribution is 2.39. The van der Waals surface area contributed by atoms with E-state index in [1.54, 1.807) is 0 Å². The summed E-state index contributed by atoms with van der Waals surface area (Å²) in [5, 5.41) is 7.35. The molecule has 0 aliphatic carbocycles. The lowest BCUT2D eigenvalue weighted by molar-refractivity contribution is 1.11. The van der Waals surface area contributed by atoms with Gasteiger partial charge in [0.25, 0.3) is 0 Å². The van der Waals surface area contributed by atoms with E-state index in [1.807, 2.05) is 0 Å². The Hall–Kier alpha value is -4.43. The second-order valence-corrected chi connectivity index (χ2v) is 8.46. The minimum Gasteiger partial charge on any atom is -0.292 e. The summed E-state index contributed by atoms with van der Waals surface area (Å²) >= 11 is 0. The van der Waals surface area contributed by atoms with E-state index in [2.05, 4.69) is 126 Å². The molecule has 154 valence electrons. The van der Waals surface area contributed by atoms with Crippen LogP contribution in [0.5, 0.6) is 0 Å². The molecule has 0 unspecified atom stereocenters. The van der Waals surface area contributed by atoms with Gasteiger partial charge in [-0.3, -0.25) is 4.57 Å². The average molecular weight is 421 g/mol. The second kappa shape index (κ2) is 7.04. The Balaban J connectivity index is 1.70. The zero-order valence-electron chi connectivity index (χ0n) is 17.9. The smallest absolute Gasteiger partial charge is 0.145 e. The fraction of sp³-hybridized carbons (Fsp3) is 0. The van der Waals surface area contributed by atoms with Crippen molar-refractivity contribution in [3.63, 3.8) is 0 Å². The summed E-state index contributed by atoms with van der Waals surface area (Å²) in [5.41, 5.74) is 4.42. The Labute approximate surface area is 191 Å². The summed E-state index contributed by atoms with van der Waals surface area (Å²) in [6.07, 6.45) is 0. The standard InChI is InChI=1S/C31H20N2/c1-2-12-24(13-3-1)33-30-28-17-9-7-15-26(28)25-14-6-8-16-27(25)29(30)32-31(33)23-19-18-21-10-4-5-11-22(21)20-23/h1-20H. The quantitative estimate of drug-likeness (QED) is 0.258. The Morgan fingerprint density at radius 2 is 1.09 bits per heavy atom. The molecule has 0 aliphatic heterocycles. The molecule has 0 spiro atoms. The maximum atomic E-state index is 5.31. The highest BCUT2D eigenvalue weighted by atomic mass is 15.1. The topological polar surface area (TPSA) is 17.8 Å². The van der Waals surface area contributed by atoms with Crippen LogP contribution in [0, 0.1) is 0 Å². The van der Waals surface area contributed by atoms with Crippen molar-refractivity contribution in [1.29, 1.82) is 0 Å². The molecule has 6 aromatic carbocycles. The normalized spacial score (nSPS) is 11.6. The van der Waals surface area contributed by atoms with Gasteiger partial charge in [0.2, 0.25) is 0 Å². The minimum absolute atomic E-state index is 0.962. The molecular weight excluding hydrogens is 400 g/mol. The maximum absolute atomic E-state index is 5.31. The van der Waals surface area contributed by atoms with Crippen LogP contribution < -0.4 is 0 Å². The lowest BCUT2D eigenvalue weighted by Gasteiger charge is -2.12. The minimum atomic E-state index is 0.962. The summed E-state index contributed by atoms with van der Waals surface area (Å²) in [7, 11) is 0. The number of nitrogens with zero attached hydrogens (tertiary/aromatic N) is 2. The van der Waals surface area contributed by atoms with Crippen LogP contribution in [0.2, 0.25) is 0 Å². The summed E-state index contributed by atoms with van der Waals surface area (Å²) in [5.74, 6) is 0.962. The number of hydrogen-bond donors (Lipinski definition) is 0. The molecule has 1 aromatic heterocycles. The first-order valence-corrected chi connectivity index (χ1v) is 11.2. The van der Waals surface area contributed by atoms with Crippen LogP contribution >= 0.6 is 0 Å². The molecule has 0 radical (unpaired) electrons. The molecule has 0 fully saturated rings. The third-order valence-corrected chi connectivity index (χ3v) is 6.55. The number of fused-ring (bicyclic) bond motifs is 7. The van der Waals surface area contributed by atoms with E-state index in [0.29, 0.717) is 0 Å². The van der Waals surface area contributed by atoms with Crippen molar-refractivity contribution in [3.8, 4) is 17.1 Å². The third-order valence-electron chi connectivity index (χ3n) is 6.55. The van der Waals surface area contributed by atoms with Crippen LogP contribution in [0.15, 0.2) is 121 Å². The molecule has 33 heavy (non-hydrogen) atoms. The predicted octanol–water partition coefficient (Wildman–Crippen LogP) is 8.15. The van der Waals surface area contributed by atoms with E-state index < -0.39 is 0 Å². The predicted molar refractivity (Wildman–Crippen MR) is 139 cm³/mol. The molecule has 0 saturated carbocycles. The molecule has 1 heterocycles. The van der Waals surface area contributed by atoms with E-state index in [0.717, 1.165) is 28.1 Å². The van der Waals surface area contributed by atoms with E-state index in [1.165, 1.54) is 32.3 Å². The highest BCUT2D eigenvalue weighted by molar-refractivity contribution is 6.24. The van der Waals surface area contributed by atoms with Crippen LogP contribution in [0.3, 0.4) is 0 Å². The van der Waals surface area contributed by atoms with Crippen LogP contribution in [-0.4, -0.2) is 9.55 Å². The lowest BCUT2D eigenvalue weighted by atomic mass is 10.00. The van der Waals surface area contributed by atoms with Crippen LogP contribution in [0.4, 0.5) is 0 Å². The molecule has 7 rings (SSSR count). The van der Waals surface area contributed by atoms with E-state index in [9.17, 15) is 0 Å². The largest absolute Gasteiger partial charge is 0.292 e. The fourth-order valence-electron chi connectivity index (χ4n) is 5.06. The Bertz CT molecular complexity index is 1810. The third kappa shape index (κ3) is 2.71. The van der Waals surface area contributed by atoms with Gasteiger partial charge in [-0.15, -0.1) is 0 Å². The van der Waals surface area contributed by atoms with Gasteiger partial charge in [0.15, 0.2) is 0 Å². The Kier molecular flexibility index (Phi) is 3.88. The van der Waals surface area contributed by atoms with Crippen molar-refractivity contribution in [2.45, 2.75) is 0 Å². The number of para-hydroxylation sites is 1. The van der Waals surface area contributed by atoms with Crippen molar-refractivity contribution in [2.24, 2.45) is 0 Å². The van der Waals surface area contributed by atoms with Crippen molar-refractivity contribution >= 4 is 43.4 Å². The van der Waals surface area contributed by atoms with Gasteiger partial charge >= 0.3 is 0 Å². The number of benzene rings is 6. The van der Waals surface area contributed by atoms with Crippen molar-refractivity contribution < 1.29 is 0 Å². The van der Waals surface area contributed by atoms with Crippen molar-refractivity contribution in [2.75, 3.05) is 0 Å². The molecule has 0 N–H and O–H groups in total. The molecule has 0 atom stereocenters. The van der Waals surface area contributed by atoms with E-state index in [-0.39, 0.29) is 0 Å². The molecule has 0 bridgehead atoms. The highest BCUT2D eigenvalue weighted by Gasteiger charge is 2.19. The average Bonchev–Trinajstić information content (AvgIpc) is 3.30. The molecule has 2 nitrogen and oxygen atoms in total. The van der Waals surface area contributed by atoms with Crippen molar-refractivity contribution in [3.05, 3.63) is 121 Å². The van der Waals surface area contributed by atoms with Gasteiger partial charge in [0.05, 0.1) is 11.0 Å².